The smallest absolute Gasteiger partial charge is 0.410 e. The minimum absolute atomic E-state index is 0.0849. The summed E-state index contributed by atoms with van der Waals surface area (Å²) in [6.07, 6.45) is 2.34. The maximum absolute atomic E-state index is 12.8. The van der Waals surface area contributed by atoms with Gasteiger partial charge in [0.05, 0.1) is 24.2 Å². The van der Waals surface area contributed by atoms with E-state index in [-0.39, 0.29) is 49.0 Å². The summed E-state index contributed by atoms with van der Waals surface area (Å²) < 4.78 is 11.9. The van der Waals surface area contributed by atoms with Crippen LogP contribution in [0.1, 0.15) is 42.7 Å². The van der Waals surface area contributed by atoms with Crippen LogP contribution in [-0.2, 0) is 16.1 Å². The second kappa shape index (κ2) is 11.4. The standard InChI is InChI=1S/C26H32N2O6/c29-17-22(21(16-28(31)32)20-10-5-2-6-11-20)24-13-14-25(34-24)23-12-7-15-27(23)26(30)33-18-19-8-3-1-4-9-19/h1-6,8-11,21-25,29H,7,12-18H2/t21-,22+,23+,24-,25+/m1/s1. The van der Waals surface area contributed by atoms with Crippen molar-refractivity contribution < 1.29 is 24.3 Å². The van der Waals surface area contributed by atoms with Crippen LogP contribution in [0.4, 0.5) is 4.79 Å². The van der Waals surface area contributed by atoms with Crippen molar-refractivity contribution in [3.05, 3.63) is 81.9 Å². The quantitative estimate of drug-likeness (QED) is 0.441. The fraction of sp³-hybridized carbons (Fsp3) is 0.500. The minimum Gasteiger partial charge on any atom is -0.445 e. The van der Waals surface area contributed by atoms with Gasteiger partial charge >= 0.3 is 6.09 Å². The molecule has 8 heteroatoms. The molecule has 0 unspecified atom stereocenters. The van der Waals surface area contributed by atoms with Crippen molar-refractivity contribution in [3.8, 4) is 0 Å². The molecule has 2 aromatic rings. The first-order chi connectivity index (χ1) is 16.6. The molecule has 0 aromatic heterocycles. The molecule has 2 saturated heterocycles. The number of carbonyl (C=O) groups excluding carboxylic acids is 1. The molecule has 4 rings (SSSR count). The molecule has 5 atom stereocenters. The number of ether oxygens (including phenoxy) is 2. The highest BCUT2D eigenvalue weighted by molar-refractivity contribution is 5.68. The number of rotatable bonds is 9. The predicted molar refractivity (Wildman–Crippen MR) is 126 cm³/mol. The van der Waals surface area contributed by atoms with Crippen LogP contribution in [-0.4, -0.2) is 59.0 Å². The van der Waals surface area contributed by atoms with Crippen LogP contribution in [0.3, 0.4) is 0 Å². The Morgan fingerprint density at radius 3 is 2.50 bits per heavy atom. The van der Waals surface area contributed by atoms with Crippen molar-refractivity contribution in [1.82, 2.24) is 4.90 Å². The van der Waals surface area contributed by atoms with Crippen molar-refractivity contribution in [2.45, 2.75) is 56.5 Å². The Balaban J connectivity index is 1.40. The summed E-state index contributed by atoms with van der Waals surface area (Å²) >= 11 is 0. The van der Waals surface area contributed by atoms with E-state index >= 15 is 0 Å². The van der Waals surface area contributed by atoms with Gasteiger partial charge in [-0.1, -0.05) is 60.7 Å². The molecule has 2 aliphatic heterocycles. The van der Waals surface area contributed by atoms with E-state index in [9.17, 15) is 20.0 Å². The molecule has 8 nitrogen and oxygen atoms in total. The van der Waals surface area contributed by atoms with E-state index in [0.29, 0.717) is 13.0 Å². The number of aliphatic hydroxyl groups is 1. The fourth-order valence-corrected chi connectivity index (χ4v) is 5.35. The summed E-state index contributed by atoms with van der Waals surface area (Å²) in [7, 11) is 0. The lowest BCUT2D eigenvalue weighted by molar-refractivity contribution is -0.485. The largest absolute Gasteiger partial charge is 0.445 e. The summed E-state index contributed by atoms with van der Waals surface area (Å²) in [5, 5.41) is 21.6. The van der Waals surface area contributed by atoms with Gasteiger partial charge in [-0.25, -0.2) is 4.79 Å². The SMILES string of the molecule is O=C(OCc1ccccc1)N1CCC[C@H]1[C@@H]1CC[C@H]([C@@H](CO)[C@H](C[N+](=O)[O-])c2ccccc2)O1. The van der Waals surface area contributed by atoms with Crippen molar-refractivity contribution in [2.75, 3.05) is 19.7 Å². The number of amides is 1. The third-order valence-corrected chi connectivity index (χ3v) is 7.03. The average molecular weight is 469 g/mol. The predicted octanol–water partition coefficient (Wildman–Crippen LogP) is 4.00. The molecule has 1 N–H and O–H groups in total. The number of nitro groups is 1. The first kappa shape index (κ1) is 24.2. The Labute approximate surface area is 199 Å². The van der Waals surface area contributed by atoms with Gasteiger partial charge in [0.2, 0.25) is 6.54 Å². The molecule has 0 bridgehead atoms. The lowest BCUT2D eigenvalue weighted by atomic mass is 9.82. The number of hydrogen-bond acceptors (Lipinski definition) is 6. The van der Waals surface area contributed by atoms with Gasteiger partial charge < -0.3 is 19.5 Å². The molecule has 0 spiro atoms. The number of hydrogen-bond donors (Lipinski definition) is 1. The molecule has 182 valence electrons. The highest BCUT2D eigenvalue weighted by Gasteiger charge is 2.44. The fourth-order valence-electron chi connectivity index (χ4n) is 5.35. The first-order valence-electron chi connectivity index (χ1n) is 12.0. The number of carbonyl (C=O) groups is 1. The molecule has 34 heavy (non-hydrogen) atoms. The lowest BCUT2D eigenvalue weighted by Gasteiger charge is -2.31. The molecule has 0 aliphatic carbocycles. The lowest BCUT2D eigenvalue weighted by Crippen LogP contribution is -2.43. The Hall–Kier alpha value is -2.97. The highest BCUT2D eigenvalue weighted by Crippen LogP contribution is 2.38. The third kappa shape index (κ3) is 5.74. The zero-order valence-corrected chi connectivity index (χ0v) is 19.2. The Bertz CT molecular complexity index is 941. The van der Waals surface area contributed by atoms with Crippen LogP contribution in [0, 0.1) is 16.0 Å². The summed E-state index contributed by atoms with van der Waals surface area (Å²) in [6, 6.07) is 18.8. The molecular weight excluding hydrogens is 436 g/mol. The maximum atomic E-state index is 12.8. The van der Waals surface area contributed by atoms with Gasteiger partial charge in [-0.05, 0) is 36.8 Å². The van der Waals surface area contributed by atoms with Crippen LogP contribution >= 0.6 is 0 Å². The van der Waals surface area contributed by atoms with Crippen LogP contribution in [0.25, 0.3) is 0 Å². The molecule has 2 fully saturated rings. The van der Waals surface area contributed by atoms with E-state index in [2.05, 4.69) is 0 Å². The van der Waals surface area contributed by atoms with Gasteiger partial charge in [-0.3, -0.25) is 10.1 Å². The molecule has 2 aromatic carbocycles. The topological polar surface area (TPSA) is 102 Å². The van der Waals surface area contributed by atoms with Crippen molar-refractivity contribution in [1.29, 1.82) is 0 Å². The zero-order chi connectivity index (χ0) is 23.9. The maximum Gasteiger partial charge on any atom is 0.410 e. The van der Waals surface area contributed by atoms with Gasteiger partial charge in [0.15, 0.2) is 0 Å². The summed E-state index contributed by atoms with van der Waals surface area (Å²) in [5.74, 6) is -0.835. The summed E-state index contributed by atoms with van der Waals surface area (Å²) in [4.78, 5) is 25.6. The van der Waals surface area contributed by atoms with Gasteiger partial charge in [-0.15, -0.1) is 0 Å². The van der Waals surface area contributed by atoms with E-state index < -0.39 is 11.8 Å². The number of aliphatic hydroxyl groups excluding tert-OH is 1. The number of likely N-dealkylation sites (tertiary alicyclic amines) is 1. The van der Waals surface area contributed by atoms with Gasteiger partial charge in [0.1, 0.15) is 6.61 Å². The van der Waals surface area contributed by atoms with E-state index in [0.717, 1.165) is 30.4 Å². The Morgan fingerprint density at radius 2 is 1.82 bits per heavy atom. The minimum atomic E-state index is -0.444. The van der Waals surface area contributed by atoms with Gasteiger partial charge in [0, 0.05) is 24.0 Å². The van der Waals surface area contributed by atoms with Gasteiger partial charge in [0.25, 0.3) is 0 Å². The van der Waals surface area contributed by atoms with Crippen LogP contribution in [0.15, 0.2) is 60.7 Å². The van der Waals surface area contributed by atoms with E-state index in [1.165, 1.54) is 0 Å². The van der Waals surface area contributed by atoms with Crippen molar-refractivity contribution in [2.24, 2.45) is 5.92 Å². The molecule has 0 saturated carbocycles. The Kier molecular flexibility index (Phi) is 8.13. The molecule has 2 aliphatic rings. The van der Waals surface area contributed by atoms with Crippen LogP contribution < -0.4 is 0 Å². The normalized spacial score (nSPS) is 24.0. The van der Waals surface area contributed by atoms with E-state index in [1.807, 2.05) is 60.7 Å². The zero-order valence-electron chi connectivity index (χ0n) is 19.2. The highest BCUT2D eigenvalue weighted by atomic mass is 16.6. The van der Waals surface area contributed by atoms with Crippen molar-refractivity contribution in [3.63, 3.8) is 0 Å². The number of benzene rings is 2. The average Bonchev–Trinajstić information content (AvgIpc) is 3.53. The second-order valence-corrected chi connectivity index (χ2v) is 9.11. The Morgan fingerprint density at radius 1 is 1.12 bits per heavy atom. The van der Waals surface area contributed by atoms with E-state index in [4.69, 9.17) is 9.47 Å². The molecular formula is C26H32N2O6. The summed E-state index contributed by atoms with van der Waals surface area (Å²) in [5.41, 5.74) is 1.77. The van der Waals surface area contributed by atoms with Crippen molar-refractivity contribution >= 4 is 6.09 Å². The molecule has 2 heterocycles. The second-order valence-electron chi connectivity index (χ2n) is 9.11. The third-order valence-electron chi connectivity index (χ3n) is 7.03. The van der Waals surface area contributed by atoms with E-state index in [1.54, 1.807) is 4.90 Å². The van der Waals surface area contributed by atoms with Crippen LogP contribution in [0.5, 0.6) is 0 Å². The number of nitrogens with zero attached hydrogens (tertiary/aromatic N) is 2. The monoisotopic (exact) mass is 468 g/mol. The summed E-state index contributed by atoms with van der Waals surface area (Å²) in [6.45, 7) is 0.392. The molecule has 1 amide bonds. The first-order valence-corrected chi connectivity index (χ1v) is 12.0. The molecule has 0 radical (unpaired) electrons. The van der Waals surface area contributed by atoms with Crippen LogP contribution in [0.2, 0.25) is 0 Å². The van der Waals surface area contributed by atoms with Gasteiger partial charge in [-0.2, -0.15) is 0 Å².